The van der Waals surface area contributed by atoms with Gasteiger partial charge in [-0.25, -0.2) is 4.39 Å². The molecular weight excluding hydrogens is 169 g/mol. The first-order valence-corrected chi connectivity index (χ1v) is 4.29. The number of nitrogens with two attached hydrogens (primary N) is 1. The van der Waals surface area contributed by atoms with E-state index >= 15 is 0 Å². The second kappa shape index (κ2) is 4.35. The smallest absolute Gasteiger partial charge is 0.123 e. The van der Waals surface area contributed by atoms with Crippen LogP contribution in [0.15, 0.2) is 18.2 Å². The highest BCUT2D eigenvalue weighted by Gasteiger charge is 2.09. The Labute approximate surface area is 77.2 Å². The van der Waals surface area contributed by atoms with Crippen molar-refractivity contribution in [1.29, 1.82) is 0 Å². The van der Waals surface area contributed by atoms with Crippen molar-refractivity contribution in [1.82, 2.24) is 0 Å². The molecule has 1 rings (SSSR count). The molecule has 1 aromatic rings. The lowest BCUT2D eigenvalue weighted by Crippen LogP contribution is -2.08. The van der Waals surface area contributed by atoms with E-state index in [1.165, 1.54) is 12.1 Å². The van der Waals surface area contributed by atoms with Crippen LogP contribution in [0.25, 0.3) is 0 Å². The van der Waals surface area contributed by atoms with Crippen molar-refractivity contribution in [2.24, 2.45) is 5.73 Å². The maximum atomic E-state index is 12.8. The van der Waals surface area contributed by atoms with E-state index in [0.29, 0.717) is 18.5 Å². The van der Waals surface area contributed by atoms with Gasteiger partial charge in [0, 0.05) is 0 Å². The Bertz CT molecular complexity index is 288. The number of hydrogen-bond donors (Lipinski definition) is 2. The quantitative estimate of drug-likeness (QED) is 0.746. The predicted octanol–water partition coefficient (Wildman–Crippen LogP) is 1.52. The maximum Gasteiger partial charge on any atom is 0.123 e. The highest BCUT2D eigenvalue weighted by atomic mass is 19.1. The molecule has 0 saturated heterocycles. The molecule has 13 heavy (non-hydrogen) atoms. The first-order chi connectivity index (χ1) is 6.15. The normalized spacial score (nSPS) is 12.9. The van der Waals surface area contributed by atoms with Gasteiger partial charge in [0.1, 0.15) is 5.82 Å². The second-order valence-electron chi connectivity index (χ2n) is 3.09. The molecule has 0 bridgehead atoms. The van der Waals surface area contributed by atoms with Crippen LogP contribution in [0.4, 0.5) is 4.39 Å². The first-order valence-electron chi connectivity index (χ1n) is 4.29. The fourth-order valence-corrected chi connectivity index (χ4v) is 1.28. The Kier molecular flexibility index (Phi) is 3.39. The van der Waals surface area contributed by atoms with E-state index in [0.717, 1.165) is 5.56 Å². The van der Waals surface area contributed by atoms with Gasteiger partial charge in [-0.1, -0.05) is 6.07 Å². The number of aliphatic hydroxyl groups is 1. The summed E-state index contributed by atoms with van der Waals surface area (Å²) in [4.78, 5) is 0. The van der Waals surface area contributed by atoms with Crippen molar-refractivity contribution in [3.63, 3.8) is 0 Å². The zero-order valence-electron chi connectivity index (χ0n) is 7.63. The lowest BCUT2D eigenvalue weighted by atomic mass is 10.0. The molecule has 2 nitrogen and oxygen atoms in total. The summed E-state index contributed by atoms with van der Waals surface area (Å²) in [5.41, 5.74) is 6.82. The summed E-state index contributed by atoms with van der Waals surface area (Å²) in [6.45, 7) is 2.24. The van der Waals surface area contributed by atoms with Crippen molar-refractivity contribution in [2.75, 3.05) is 6.54 Å². The summed E-state index contributed by atoms with van der Waals surface area (Å²) in [6.07, 6.45) is -0.190. The Hall–Kier alpha value is -0.930. The third-order valence-corrected chi connectivity index (χ3v) is 2.04. The second-order valence-corrected chi connectivity index (χ2v) is 3.09. The van der Waals surface area contributed by atoms with Gasteiger partial charge >= 0.3 is 0 Å². The van der Waals surface area contributed by atoms with Crippen LogP contribution in [0.5, 0.6) is 0 Å². The fraction of sp³-hybridized carbons (Fsp3) is 0.400. The van der Waals surface area contributed by atoms with Gasteiger partial charge in [-0.2, -0.15) is 0 Å². The highest BCUT2D eigenvalue weighted by Crippen LogP contribution is 2.20. The average Bonchev–Trinajstić information content (AvgIpc) is 2.09. The maximum absolute atomic E-state index is 12.8. The summed E-state index contributed by atoms with van der Waals surface area (Å²) in [7, 11) is 0. The molecule has 0 radical (unpaired) electrons. The molecule has 0 amide bonds. The minimum atomic E-state index is -0.652. The molecule has 0 saturated carbocycles. The van der Waals surface area contributed by atoms with Crippen LogP contribution in [-0.2, 0) is 0 Å². The van der Waals surface area contributed by atoms with Crippen LogP contribution in [0.2, 0.25) is 0 Å². The summed E-state index contributed by atoms with van der Waals surface area (Å²) < 4.78 is 12.8. The van der Waals surface area contributed by atoms with Crippen LogP contribution in [0.3, 0.4) is 0 Å². The molecule has 0 aromatic heterocycles. The molecular formula is C10H14FNO. The number of hydrogen-bond acceptors (Lipinski definition) is 2. The molecule has 0 fully saturated rings. The summed E-state index contributed by atoms with van der Waals surface area (Å²) in [5, 5.41) is 9.58. The van der Waals surface area contributed by atoms with Gasteiger partial charge < -0.3 is 10.8 Å². The van der Waals surface area contributed by atoms with Crippen LogP contribution in [0.1, 0.15) is 23.7 Å². The largest absolute Gasteiger partial charge is 0.388 e. The lowest BCUT2D eigenvalue weighted by molar-refractivity contribution is 0.169. The Morgan fingerprint density at radius 2 is 2.23 bits per heavy atom. The Morgan fingerprint density at radius 3 is 2.85 bits per heavy atom. The summed E-state index contributed by atoms with van der Waals surface area (Å²) >= 11 is 0. The van der Waals surface area contributed by atoms with Gasteiger partial charge in [0.2, 0.25) is 0 Å². The average molecular weight is 183 g/mol. The van der Waals surface area contributed by atoms with E-state index < -0.39 is 6.10 Å². The predicted molar refractivity (Wildman–Crippen MR) is 49.8 cm³/mol. The molecule has 72 valence electrons. The van der Waals surface area contributed by atoms with Crippen molar-refractivity contribution in [2.45, 2.75) is 19.4 Å². The molecule has 0 spiro atoms. The summed E-state index contributed by atoms with van der Waals surface area (Å²) in [6, 6.07) is 4.40. The van der Waals surface area contributed by atoms with Crippen LogP contribution < -0.4 is 5.73 Å². The standard InChI is InChI=1S/C10H14FNO/c1-7-2-3-8(11)6-9(7)10(13)4-5-12/h2-3,6,10,13H,4-5,12H2,1H3/t10-/m1/s1. The Balaban J connectivity index is 2.91. The molecule has 1 aromatic carbocycles. The molecule has 0 unspecified atom stereocenters. The van der Waals surface area contributed by atoms with Crippen molar-refractivity contribution >= 4 is 0 Å². The van der Waals surface area contributed by atoms with E-state index in [1.807, 2.05) is 6.92 Å². The molecule has 0 heterocycles. The van der Waals surface area contributed by atoms with E-state index in [9.17, 15) is 9.50 Å². The van der Waals surface area contributed by atoms with Crippen molar-refractivity contribution < 1.29 is 9.50 Å². The summed E-state index contributed by atoms with van der Waals surface area (Å²) in [5.74, 6) is -0.323. The number of aliphatic hydroxyl groups excluding tert-OH is 1. The monoisotopic (exact) mass is 183 g/mol. The van der Waals surface area contributed by atoms with E-state index in [2.05, 4.69) is 0 Å². The van der Waals surface area contributed by atoms with E-state index in [4.69, 9.17) is 5.73 Å². The SMILES string of the molecule is Cc1ccc(F)cc1[C@H](O)CCN. The van der Waals surface area contributed by atoms with Crippen LogP contribution >= 0.6 is 0 Å². The van der Waals surface area contributed by atoms with E-state index in [1.54, 1.807) is 6.07 Å². The molecule has 0 aliphatic carbocycles. The van der Waals surface area contributed by atoms with Gasteiger partial charge in [0.05, 0.1) is 6.10 Å². The van der Waals surface area contributed by atoms with Gasteiger partial charge in [0.15, 0.2) is 0 Å². The highest BCUT2D eigenvalue weighted by molar-refractivity contribution is 5.28. The minimum absolute atomic E-state index is 0.323. The number of rotatable bonds is 3. The lowest BCUT2D eigenvalue weighted by Gasteiger charge is -2.12. The van der Waals surface area contributed by atoms with Gasteiger partial charge in [-0.05, 0) is 43.1 Å². The van der Waals surface area contributed by atoms with Gasteiger partial charge in [-0.15, -0.1) is 0 Å². The van der Waals surface area contributed by atoms with Crippen molar-refractivity contribution in [3.05, 3.63) is 35.1 Å². The van der Waals surface area contributed by atoms with Crippen LogP contribution in [0, 0.1) is 12.7 Å². The van der Waals surface area contributed by atoms with E-state index in [-0.39, 0.29) is 5.82 Å². The molecule has 0 aliphatic heterocycles. The van der Waals surface area contributed by atoms with Gasteiger partial charge in [0.25, 0.3) is 0 Å². The van der Waals surface area contributed by atoms with Crippen molar-refractivity contribution in [3.8, 4) is 0 Å². The molecule has 1 atom stereocenters. The zero-order valence-corrected chi connectivity index (χ0v) is 7.63. The topological polar surface area (TPSA) is 46.2 Å². The molecule has 3 heteroatoms. The number of halogens is 1. The third-order valence-electron chi connectivity index (χ3n) is 2.04. The fourth-order valence-electron chi connectivity index (χ4n) is 1.28. The molecule has 3 N–H and O–H groups in total. The minimum Gasteiger partial charge on any atom is -0.388 e. The zero-order chi connectivity index (χ0) is 9.84. The molecule has 0 aliphatic rings. The number of aryl methyl sites for hydroxylation is 1. The number of benzene rings is 1. The van der Waals surface area contributed by atoms with Crippen LogP contribution in [-0.4, -0.2) is 11.7 Å². The van der Waals surface area contributed by atoms with Gasteiger partial charge in [-0.3, -0.25) is 0 Å². The first kappa shape index (κ1) is 10.2. The third kappa shape index (κ3) is 2.50. The Morgan fingerprint density at radius 1 is 1.54 bits per heavy atom.